The van der Waals surface area contributed by atoms with Crippen molar-refractivity contribution in [3.8, 4) is 0 Å². The molecule has 102 valence electrons. The maximum absolute atomic E-state index is 6.17. The lowest BCUT2D eigenvalue weighted by molar-refractivity contribution is 0.0826. The highest BCUT2D eigenvalue weighted by Gasteiger charge is 2.27. The minimum absolute atomic E-state index is 0.263. The van der Waals surface area contributed by atoms with E-state index in [1.54, 1.807) is 36.5 Å². The van der Waals surface area contributed by atoms with E-state index in [9.17, 15) is 0 Å². The minimum atomic E-state index is -0.263. The number of oxime groups is 1. The fraction of sp³-hybridized carbons (Fsp3) is 0.143. The van der Waals surface area contributed by atoms with Crippen LogP contribution in [0.4, 0.5) is 5.69 Å². The molecule has 2 heterocycles. The zero-order chi connectivity index (χ0) is 14.1. The summed E-state index contributed by atoms with van der Waals surface area (Å²) in [6.07, 6.45) is 1.94. The molecule has 0 bridgehead atoms. The average Bonchev–Trinajstić information content (AvgIpc) is 2.88. The average molecular weight is 308 g/mol. The number of nitrogens with two attached hydrogens (primary N) is 1. The number of nitrogen functional groups attached to an aromatic ring is 1. The molecule has 1 atom stereocenters. The number of hydrogen-bond acceptors (Lipinski definition) is 4. The predicted molar refractivity (Wildman–Crippen MR) is 80.1 cm³/mol. The monoisotopic (exact) mass is 307 g/mol. The number of hydrogen-bond donors (Lipinski definition) is 1. The molecule has 2 N–H and O–H groups in total. The summed E-state index contributed by atoms with van der Waals surface area (Å²) in [5.74, 6) is 0. The summed E-state index contributed by atoms with van der Waals surface area (Å²) < 4.78 is 0. The molecule has 1 aliphatic rings. The molecule has 4 nitrogen and oxygen atoms in total. The van der Waals surface area contributed by atoms with Crippen LogP contribution >= 0.6 is 23.2 Å². The van der Waals surface area contributed by atoms with Crippen LogP contribution in [0, 0.1) is 0 Å². The maximum atomic E-state index is 6.17. The molecule has 1 aliphatic heterocycles. The second kappa shape index (κ2) is 5.31. The zero-order valence-corrected chi connectivity index (χ0v) is 11.9. The van der Waals surface area contributed by atoms with Crippen molar-refractivity contribution in [3.63, 3.8) is 0 Å². The maximum Gasteiger partial charge on any atom is 0.175 e. The number of nitrogens with zero attached hydrogens (tertiary/aromatic N) is 2. The van der Waals surface area contributed by atoms with E-state index in [0.29, 0.717) is 27.7 Å². The van der Waals surface area contributed by atoms with Crippen molar-refractivity contribution in [3.05, 3.63) is 57.8 Å². The predicted octanol–water partition coefficient (Wildman–Crippen LogP) is 3.84. The molecule has 0 amide bonds. The Morgan fingerprint density at radius 3 is 2.65 bits per heavy atom. The Morgan fingerprint density at radius 2 is 1.95 bits per heavy atom. The molecule has 0 fully saturated rings. The molecule has 1 aromatic heterocycles. The van der Waals surface area contributed by atoms with Gasteiger partial charge in [-0.15, -0.1) is 0 Å². The van der Waals surface area contributed by atoms with Crippen molar-refractivity contribution in [2.45, 2.75) is 12.5 Å². The number of rotatable bonds is 2. The number of anilines is 1. The standard InChI is InChI=1S/C14H11Cl2N3O/c15-9-2-1-3-10(16)14(9)12-7-13(20-19-12)11-6-8(17)4-5-18-11/h1-6,13H,7H2,(H2,17,18). The molecule has 20 heavy (non-hydrogen) atoms. The van der Waals surface area contributed by atoms with Crippen molar-refractivity contribution < 1.29 is 4.84 Å². The molecule has 2 aromatic rings. The van der Waals surface area contributed by atoms with Crippen LogP contribution in [0.5, 0.6) is 0 Å². The minimum Gasteiger partial charge on any atom is -0.399 e. The van der Waals surface area contributed by atoms with Crippen LogP contribution in [0.2, 0.25) is 10.0 Å². The first-order valence-corrected chi connectivity index (χ1v) is 6.79. The first-order valence-electron chi connectivity index (χ1n) is 6.03. The summed E-state index contributed by atoms with van der Waals surface area (Å²) >= 11 is 12.3. The second-order valence-corrected chi connectivity index (χ2v) is 5.26. The highest BCUT2D eigenvalue weighted by Crippen LogP contribution is 2.34. The molecular weight excluding hydrogens is 297 g/mol. The first-order chi connectivity index (χ1) is 9.65. The van der Waals surface area contributed by atoms with Crippen LogP contribution in [-0.4, -0.2) is 10.7 Å². The normalized spacial score (nSPS) is 17.7. The first kappa shape index (κ1) is 13.2. The molecule has 0 saturated carbocycles. The SMILES string of the molecule is Nc1ccnc(C2CC(c3c(Cl)cccc3Cl)=NO2)c1. The molecule has 6 heteroatoms. The number of aromatic nitrogens is 1. The van der Waals surface area contributed by atoms with Crippen molar-refractivity contribution in [1.29, 1.82) is 0 Å². The third-order valence-electron chi connectivity index (χ3n) is 3.06. The van der Waals surface area contributed by atoms with Crippen molar-refractivity contribution in [2.24, 2.45) is 5.16 Å². The molecule has 1 aromatic carbocycles. The van der Waals surface area contributed by atoms with E-state index >= 15 is 0 Å². The van der Waals surface area contributed by atoms with Gasteiger partial charge in [-0.2, -0.15) is 0 Å². The second-order valence-electron chi connectivity index (χ2n) is 4.45. The van der Waals surface area contributed by atoms with Gasteiger partial charge in [-0.3, -0.25) is 4.98 Å². The lowest BCUT2D eigenvalue weighted by atomic mass is 10.0. The van der Waals surface area contributed by atoms with E-state index in [1.165, 1.54) is 0 Å². The number of benzene rings is 1. The Balaban J connectivity index is 1.86. The van der Waals surface area contributed by atoms with Gasteiger partial charge < -0.3 is 10.6 Å². The van der Waals surface area contributed by atoms with Gasteiger partial charge in [0, 0.05) is 23.9 Å². The molecule has 3 rings (SSSR count). The zero-order valence-electron chi connectivity index (χ0n) is 10.4. The van der Waals surface area contributed by atoms with Gasteiger partial charge in [-0.1, -0.05) is 34.4 Å². The van der Waals surface area contributed by atoms with Gasteiger partial charge in [-0.25, -0.2) is 0 Å². The topological polar surface area (TPSA) is 60.5 Å². The molecule has 1 unspecified atom stereocenters. The largest absolute Gasteiger partial charge is 0.399 e. The summed E-state index contributed by atoms with van der Waals surface area (Å²) in [4.78, 5) is 9.67. The summed E-state index contributed by atoms with van der Waals surface area (Å²) in [5.41, 5.74) is 8.56. The van der Waals surface area contributed by atoms with Crippen molar-refractivity contribution in [1.82, 2.24) is 4.98 Å². The number of halogens is 2. The Hall–Kier alpha value is -1.78. The quantitative estimate of drug-likeness (QED) is 0.917. The highest BCUT2D eigenvalue weighted by atomic mass is 35.5. The van der Waals surface area contributed by atoms with Gasteiger partial charge in [0.15, 0.2) is 6.10 Å². The smallest absolute Gasteiger partial charge is 0.175 e. The van der Waals surface area contributed by atoms with Gasteiger partial charge in [0.25, 0.3) is 0 Å². The van der Waals surface area contributed by atoms with E-state index in [0.717, 1.165) is 11.4 Å². The van der Waals surface area contributed by atoms with E-state index in [4.69, 9.17) is 33.8 Å². The number of pyridine rings is 1. The van der Waals surface area contributed by atoms with Gasteiger partial charge in [-0.05, 0) is 24.3 Å². The molecule has 0 saturated heterocycles. The van der Waals surface area contributed by atoms with Crippen LogP contribution in [0.25, 0.3) is 0 Å². The molecule has 0 spiro atoms. The van der Waals surface area contributed by atoms with Gasteiger partial charge in [0.05, 0.1) is 21.5 Å². The fourth-order valence-electron chi connectivity index (χ4n) is 2.10. The fourth-order valence-corrected chi connectivity index (χ4v) is 2.71. The highest BCUT2D eigenvalue weighted by molar-refractivity contribution is 6.40. The summed E-state index contributed by atoms with van der Waals surface area (Å²) in [6.45, 7) is 0. The third-order valence-corrected chi connectivity index (χ3v) is 3.69. The van der Waals surface area contributed by atoms with Crippen LogP contribution < -0.4 is 5.73 Å². The lowest BCUT2D eigenvalue weighted by Gasteiger charge is -2.08. The molecule has 0 aliphatic carbocycles. The summed E-state index contributed by atoms with van der Waals surface area (Å²) in [7, 11) is 0. The van der Waals surface area contributed by atoms with Crippen LogP contribution in [0.15, 0.2) is 41.7 Å². The third kappa shape index (κ3) is 2.44. The van der Waals surface area contributed by atoms with Crippen LogP contribution in [-0.2, 0) is 4.84 Å². The van der Waals surface area contributed by atoms with Crippen LogP contribution in [0.1, 0.15) is 23.8 Å². The Bertz CT molecular complexity index is 668. The van der Waals surface area contributed by atoms with E-state index < -0.39 is 0 Å². The van der Waals surface area contributed by atoms with Gasteiger partial charge >= 0.3 is 0 Å². The molecule has 0 radical (unpaired) electrons. The van der Waals surface area contributed by atoms with Crippen LogP contribution in [0.3, 0.4) is 0 Å². The van der Waals surface area contributed by atoms with E-state index in [1.807, 2.05) is 0 Å². The van der Waals surface area contributed by atoms with Gasteiger partial charge in [0.2, 0.25) is 0 Å². The Morgan fingerprint density at radius 1 is 1.20 bits per heavy atom. The van der Waals surface area contributed by atoms with Gasteiger partial charge in [0.1, 0.15) is 0 Å². The summed E-state index contributed by atoms with van der Waals surface area (Å²) in [5, 5.41) is 5.20. The Kier molecular flexibility index (Phi) is 3.51. The van der Waals surface area contributed by atoms with Crippen molar-refractivity contribution in [2.75, 3.05) is 5.73 Å². The van der Waals surface area contributed by atoms with Crippen molar-refractivity contribution >= 4 is 34.6 Å². The summed E-state index contributed by atoms with van der Waals surface area (Å²) in [6, 6.07) is 8.85. The lowest BCUT2D eigenvalue weighted by Crippen LogP contribution is -2.05. The van der Waals surface area contributed by atoms with E-state index in [2.05, 4.69) is 10.1 Å². The molecular formula is C14H11Cl2N3O. The van der Waals surface area contributed by atoms with E-state index in [-0.39, 0.29) is 6.10 Å². The Labute approximate surface area is 126 Å².